The third-order valence-corrected chi connectivity index (χ3v) is 6.05. The van der Waals surface area contributed by atoms with Crippen LogP contribution in [0.2, 0.25) is 5.02 Å². The summed E-state index contributed by atoms with van der Waals surface area (Å²) in [4.78, 5) is 14.9. The van der Waals surface area contributed by atoms with Crippen molar-refractivity contribution in [2.45, 2.75) is 57.1 Å². The molecule has 0 aromatic heterocycles. The highest BCUT2D eigenvalue weighted by Gasteiger charge is 2.39. The van der Waals surface area contributed by atoms with Gasteiger partial charge in [0.2, 0.25) is 5.91 Å². The van der Waals surface area contributed by atoms with Crippen molar-refractivity contribution in [1.29, 1.82) is 0 Å². The molecule has 1 atom stereocenters. The number of carbonyl (C=O) groups is 1. The molecule has 0 spiro atoms. The highest BCUT2D eigenvalue weighted by molar-refractivity contribution is 6.31. The molecule has 1 unspecified atom stereocenters. The first-order chi connectivity index (χ1) is 12.4. The number of carbonyl (C=O) groups excluding carboxylic acids is 1. The van der Waals surface area contributed by atoms with Crippen LogP contribution >= 0.6 is 24.0 Å². The van der Waals surface area contributed by atoms with E-state index >= 15 is 0 Å². The van der Waals surface area contributed by atoms with E-state index in [-0.39, 0.29) is 30.3 Å². The van der Waals surface area contributed by atoms with Gasteiger partial charge in [-0.05, 0) is 63.1 Å². The summed E-state index contributed by atoms with van der Waals surface area (Å²) < 4.78 is 5.49. The van der Waals surface area contributed by atoms with E-state index < -0.39 is 5.60 Å². The molecule has 1 saturated carbocycles. The first-order valence-corrected chi connectivity index (χ1v) is 9.91. The largest absolute Gasteiger partial charge is 0.492 e. The summed E-state index contributed by atoms with van der Waals surface area (Å²) in [7, 11) is 0. The average Bonchev–Trinajstić information content (AvgIpc) is 2.96. The van der Waals surface area contributed by atoms with E-state index in [1.54, 1.807) is 6.07 Å². The minimum atomic E-state index is -0.570. The highest BCUT2D eigenvalue weighted by atomic mass is 35.5. The molecule has 1 heterocycles. The van der Waals surface area contributed by atoms with Gasteiger partial charge in [-0.25, -0.2) is 0 Å². The fourth-order valence-electron chi connectivity index (χ4n) is 4.08. The molecule has 1 aromatic rings. The maximum Gasteiger partial charge on any atom is 0.226 e. The van der Waals surface area contributed by atoms with Crippen molar-refractivity contribution < 1.29 is 14.6 Å². The molecule has 1 aromatic carbocycles. The number of benzene rings is 1. The van der Waals surface area contributed by atoms with E-state index in [1.165, 1.54) is 0 Å². The predicted molar refractivity (Wildman–Crippen MR) is 110 cm³/mol. The number of amides is 1. The first-order valence-electron chi connectivity index (χ1n) is 9.54. The molecule has 2 aliphatic rings. The normalized spacial score (nSPS) is 28.1. The number of ether oxygens (including phenoxy) is 1. The van der Waals surface area contributed by atoms with E-state index in [4.69, 9.17) is 22.1 Å². The van der Waals surface area contributed by atoms with Gasteiger partial charge in [-0.3, -0.25) is 4.79 Å². The monoisotopic (exact) mass is 416 g/mol. The molecule has 7 heteroatoms. The number of hydrogen-bond acceptors (Lipinski definition) is 4. The molecule has 152 valence electrons. The second-order valence-electron chi connectivity index (χ2n) is 7.84. The van der Waals surface area contributed by atoms with Crippen molar-refractivity contribution in [3.8, 4) is 5.75 Å². The first kappa shape index (κ1) is 22.3. The summed E-state index contributed by atoms with van der Waals surface area (Å²) in [5.74, 6) is 0.930. The number of aliphatic hydroxyl groups is 1. The standard InChI is InChI=1S/C20H29ClN2O3.ClH/c1-20(25)7-4-16(5-8-20)23-10-6-15(19(23)24)12-14-2-3-17(13-18(14)21)26-11-9-22;/h2-3,13,15-16,25H,4-12,22H2,1H3;1H. The SMILES string of the molecule is CC1(O)CCC(N2CCC(Cc3ccc(OCCN)cc3Cl)C2=O)CC1.Cl. The molecule has 3 N–H and O–H groups in total. The second kappa shape index (κ2) is 9.46. The Labute approximate surface area is 172 Å². The van der Waals surface area contributed by atoms with Gasteiger partial charge >= 0.3 is 0 Å². The quantitative estimate of drug-likeness (QED) is 0.746. The van der Waals surface area contributed by atoms with Gasteiger partial charge in [-0.2, -0.15) is 0 Å². The zero-order chi connectivity index (χ0) is 18.7. The average molecular weight is 417 g/mol. The Morgan fingerprint density at radius 2 is 2.04 bits per heavy atom. The molecule has 0 bridgehead atoms. The van der Waals surface area contributed by atoms with Crippen LogP contribution in [0.15, 0.2) is 18.2 Å². The molecule has 1 aliphatic heterocycles. The maximum absolute atomic E-state index is 12.9. The van der Waals surface area contributed by atoms with Crippen LogP contribution in [0.3, 0.4) is 0 Å². The minimum absolute atomic E-state index is 0. The third kappa shape index (κ3) is 5.50. The summed E-state index contributed by atoms with van der Waals surface area (Å²) in [6.45, 7) is 3.62. The minimum Gasteiger partial charge on any atom is -0.492 e. The number of halogens is 2. The smallest absolute Gasteiger partial charge is 0.226 e. The Kier molecular flexibility index (Phi) is 7.81. The Bertz CT molecular complexity index is 644. The number of likely N-dealkylation sites (tertiary alicyclic amines) is 1. The Morgan fingerprint density at radius 1 is 1.33 bits per heavy atom. The Hall–Kier alpha value is -1.01. The lowest BCUT2D eigenvalue weighted by Crippen LogP contribution is -2.43. The summed E-state index contributed by atoms with van der Waals surface area (Å²) in [6, 6.07) is 5.90. The van der Waals surface area contributed by atoms with Crippen LogP contribution in [0.4, 0.5) is 0 Å². The van der Waals surface area contributed by atoms with Crippen molar-refractivity contribution in [3.63, 3.8) is 0 Å². The molecule has 2 fully saturated rings. The molecule has 0 radical (unpaired) electrons. The molecule has 3 rings (SSSR count). The van der Waals surface area contributed by atoms with Crippen LogP contribution in [0, 0.1) is 5.92 Å². The fourth-order valence-corrected chi connectivity index (χ4v) is 4.32. The van der Waals surface area contributed by atoms with Gasteiger partial charge in [0.25, 0.3) is 0 Å². The summed E-state index contributed by atoms with van der Waals surface area (Å²) in [5.41, 5.74) is 5.86. The van der Waals surface area contributed by atoms with Crippen LogP contribution in [-0.2, 0) is 11.2 Å². The second-order valence-corrected chi connectivity index (χ2v) is 8.25. The van der Waals surface area contributed by atoms with Crippen LogP contribution in [0.1, 0.15) is 44.6 Å². The molecule has 1 aliphatic carbocycles. The molecule has 1 amide bonds. The Morgan fingerprint density at radius 3 is 2.67 bits per heavy atom. The fraction of sp³-hybridized carbons (Fsp3) is 0.650. The van der Waals surface area contributed by atoms with Crippen LogP contribution in [0.5, 0.6) is 5.75 Å². The van der Waals surface area contributed by atoms with Crippen LogP contribution in [0.25, 0.3) is 0 Å². The van der Waals surface area contributed by atoms with Crippen LogP contribution in [-0.4, -0.2) is 47.3 Å². The van der Waals surface area contributed by atoms with Crippen molar-refractivity contribution in [2.24, 2.45) is 11.7 Å². The van der Waals surface area contributed by atoms with Crippen molar-refractivity contribution in [1.82, 2.24) is 4.90 Å². The van der Waals surface area contributed by atoms with Gasteiger partial charge in [0.1, 0.15) is 12.4 Å². The van der Waals surface area contributed by atoms with Crippen molar-refractivity contribution >= 4 is 29.9 Å². The topological polar surface area (TPSA) is 75.8 Å². The zero-order valence-corrected chi connectivity index (χ0v) is 17.4. The van der Waals surface area contributed by atoms with Gasteiger partial charge in [0, 0.05) is 30.1 Å². The van der Waals surface area contributed by atoms with Crippen molar-refractivity contribution in [2.75, 3.05) is 19.7 Å². The van der Waals surface area contributed by atoms with Gasteiger partial charge < -0.3 is 20.5 Å². The number of rotatable bonds is 6. The third-order valence-electron chi connectivity index (χ3n) is 5.70. The predicted octanol–water partition coefficient (Wildman–Crippen LogP) is 3.18. The summed E-state index contributed by atoms with van der Waals surface area (Å²) in [5, 5.41) is 10.8. The number of hydrogen-bond donors (Lipinski definition) is 2. The van der Waals surface area contributed by atoms with Crippen molar-refractivity contribution in [3.05, 3.63) is 28.8 Å². The van der Waals surface area contributed by atoms with Gasteiger partial charge in [-0.15, -0.1) is 12.4 Å². The molecule has 5 nitrogen and oxygen atoms in total. The number of nitrogens with zero attached hydrogens (tertiary/aromatic N) is 1. The summed E-state index contributed by atoms with van der Waals surface area (Å²) >= 11 is 6.39. The zero-order valence-electron chi connectivity index (χ0n) is 15.8. The van der Waals surface area contributed by atoms with Gasteiger partial charge in [0.05, 0.1) is 5.60 Å². The molecule has 27 heavy (non-hydrogen) atoms. The molecular weight excluding hydrogens is 387 g/mol. The lowest BCUT2D eigenvalue weighted by atomic mass is 9.83. The van der Waals surface area contributed by atoms with E-state index in [2.05, 4.69) is 0 Å². The maximum atomic E-state index is 12.9. The summed E-state index contributed by atoms with van der Waals surface area (Å²) in [6.07, 6.45) is 4.84. The van der Waals surface area contributed by atoms with Gasteiger partial charge in [-0.1, -0.05) is 17.7 Å². The number of nitrogens with two attached hydrogens (primary N) is 1. The van der Waals surface area contributed by atoms with E-state index in [1.807, 2.05) is 24.0 Å². The van der Waals surface area contributed by atoms with E-state index in [0.29, 0.717) is 30.3 Å². The highest BCUT2D eigenvalue weighted by Crippen LogP contribution is 2.35. The lowest BCUT2D eigenvalue weighted by Gasteiger charge is -2.37. The van der Waals surface area contributed by atoms with Crippen LogP contribution < -0.4 is 10.5 Å². The van der Waals surface area contributed by atoms with Gasteiger partial charge in [0.15, 0.2) is 0 Å². The molecule has 1 saturated heterocycles. The van der Waals surface area contributed by atoms with E-state index in [0.717, 1.165) is 44.2 Å². The molecular formula is C20H30Cl2N2O3. The Balaban J connectivity index is 0.00000261. The van der Waals surface area contributed by atoms with E-state index in [9.17, 15) is 9.90 Å². The lowest BCUT2D eigenvalue weighted by molar-refractivity contribution is -0.134.